The van der Waals surface area contributed by atoms with E-state index in [1.165, 1.54) is 19.3 Å². The van der Waals surface area contributed by atoms with Crippen LogP contribution < -0.4 is 16.8 Å². The lowest BCUT2D eigenvalue weighted by molar-refractivity contribution is -0.138. The number of rotatable bonds is 5. The molecule has 0 spiro atoms. The monoisotopic (exact) mass is 268 g/mol. The number of carboxylic acid groups (broad SMARTS) is 1. The zero-order valence-corrected chi connectivity index (χ0v) is 11.1. The molecule has 2 bridgehead atoms. The maximum Gasteiger partial charge on any atom is 0.320 e. The molecule has 0 saturated heterocycles. The predicted molar refractivity (Wildman–Crippen MR) is 74.7 cm³/mol. The van der Waals surface area contributed by atoms with Crippen LogP contribution in [0.1, 0.15) is 32.1 Å². The van der Waals surface area contributed by atoms with Crippen molar-refractivity contribution in [3.05, 3.63) is 12.2 Å². The molecular formula is C13H24N4O2. The number of guanidine groups is 1. The van der Waals surface area contributed by atoms with Crippen molar-refractivity contribution in [2.24, 2.45) is 23.3 Å². The van der Waals surface area contributed by atoms with Gasteiger partial charge in [-0.05, 0) is 43.9 Å². The molecule has 2 unspecified atom stereocenters. The van der Waals surface area contributed by atoms with Crippen LogP contribution in [0.4, 0.5) is 0 Å². The normalized spacial score (nSPS) is 24.5. The third kappa shape index (κ3) is 6.24. The van der Waals surface area contributed by atoms with Crippen LogP contribution >= 0.6 is 0 Å². The summed E-state index contributed by atoms with van der Waals surface area (Å²) in [5.41, 5.74) is 10.2. The average molecular weight is 268 g/mol. The van der Waals surface area contributed by atoms with Crippen molar-refractivity contribution < 1.29 is 9.90 Å². The molecule has 6 nitrogen and oxygen atoms in total. The molecule has 0 aromatic rings. The molecule has 0 aliphatic heterocycles. The predicted octanol–water partition coefficient (Wildman–Crippen LogP) is 0.634. The van der Waals surface area contributed by atoms with E-state index in [9.17, 15) is 4.79 Å². The smallest absolute Gasteiger partial charge is 0.320 e. The van der Waals surface area contributed by atoms with Gasteiger partial charge in [-0.15, -0.1) is 0 Å². The van der Waals surface area contributed by atoms with Crippen molar-refractivity contribution in [1.82, 2.24) is 5.32 Å². The Hall–Kier alpha value is -1.56. The second-order valence-corrected chi connectivity index (χ2v) is 5.15. The first kappa shape index (κ1) is 15.5. The van der Waals surface area contributed by atoms with Gasteiger partial charge in [-0.2, -0.15) is 0 Å². The molecule has 2 aliphatic carbocycles. The second-order valence-electron chi connectivity index (χ2n) is 5.15. The van der Waals surface area contributed by atoms with E-state index >= 15 is 0 Å². The highest BCUT2D eigenvalue weighted by Gasteiger charge is 2.25. The van der Waals surface area contributed by atoms with E-state index in [1.54, 1.807) is 0 Å². The summed E-state index contributed by atoms with van der Waals surface area (Å²) in [5.74, 6) is 0.867. The molecule has 7 N–H and O–H groups in total. The highest BCUT2D eigenvalue weighted by atomic mass is 16.4. The van der Waals surface area contributed by atoms with Gasteiger partial charge >= 0.3 is 5.97 Å². The lowest BCUT2D eigenvalue weighted by atomic mass is 10.1. The molecule has 0 aromatic carbocycles. The Kier molecular flexibility index (Phi) is 6.35. The molecule has 1 fully saturated rings. The van der Waals surface area contributed by atoms with Gasteiger partial charge < -0.3 is 21.9 Å². The average Bonchev–Trinajstić information content (AvgIpc) is 2.99. The zero-order chi connectivity index (χ0) is 14.3. The molecule has 0 aromatic heterocycles. The van der Waals surface area contributed by atoms with Crippen molar-refractivity contribution in [2.45, 2.75) is 38.1 Å². The van der Waals surface area contributed by atoms with Gasteiger partial charge in [0.25, 0.3) is 0 Å². The summed E-state index contributed by atoms with van der Waals surface area (Å²) in [6.45, 7) is 0.482. The number of hydrogen-bond acceptors (Lipinski definition) is 3. The minimum atomic E-state index is -1.00. The van der Waals surface area contributed by atoms with Crippen LogP contribution in [0.3, 0.4) is 0 Å². The number of carboxylic acids is 1. The van der Waals surface area contributed by atoms with Crippen LogP contribution in [-0.4, -0.2) is 29.6 Å². The zero-order valence-electron chi connectivity index (χ0n) is 11.1. The van der Waals surface area contributed by atoms with E-state index in [0.29, 0.717) is 19.4 Å². The van der Waals surface area contributed by atoms with Crippen molar-refractivity contribution in [1.29, 1.82) is 5.41 Å². The Bertz CT molecular complexity index is 332. The Morgan fingerprint density at radius 2 is 2.00 bits per heavy atom. The molecule has 0 amide bonds. The molecule has 0 heterocycles. The fraction of sp³-hybridized carbons (Fsp3) is 0.692. The highest BCUT2D eigenvalue weighted by molar-refractivity contribution is 5.74. The minimum Gasteiger partial charge on any atom is -0.480 e. The summed E-state index contributed by atoms with van der Waals surface area (Å²) < 4.78 is 0. The van der Waals surface area contributed by atoms with Gasteiger partial charge in [0.2, 0.25) is 0 Å². The third-order valence-corrected chi connectivity index (χ3v) is 3.49. The van der Waals surface area contributed by atoms with Crippen LogP contribution in [0.5, 0.6) is 0 Å². The fourth-order valence-corrected chi connectivity index (χ4v) is 2.39. The van der Waals surface area contributed by atoms with Crippen molar-refractivity contribution in [3.63, 3.8) is 0 Å². The van der Waals surface area contributed by atoms with Gasteiger partial charge in [0, 0.05) is 6.54 Å². The van der Waals surface area contributed by atoms with Crippen LogP contribution in [0.25, 0.3) is 0 Å². The van der Waals surface area contributed by atoms with E-state index in [4.69, 9.17) is 22.0 Å². The highest BCUT2D eigenvalue weighted by Crippen LogP contribution is 2.38. The molecule has 3 atom stereocenters. The molecule has 6 heteroatoms. The fourth-order valence-electron chi connectivity index (χ4n) is 2.39. The summed E-state index contributed by atoms with van der Waals surface area (Å²) in [7, 11) is 0. The summed E-state index contributed by atoms with van der Waals surface area (Å²) >= 11 is 0. The Labute approximate surface area is 113 Å². The quantitative estimate of drug-likeness (QED) is 0.216. The maximum atomic E-state index is 10.2. The summed E-state index contributed by atoms with van der Waals surface area (Å²) in [5, 5.41) is 17.7. The number of aliphatic carboxylic acids is 1. The Balaban J connectivity index is 0.000000213. The van der Waals surface area contributed by atoms with E-state index in [2.05, 4.69) is 17.5 Å². The molecule has 2 rings (SSSR count). The first-order chi connectivity index (χ1) is 8.99. The summed E-state index contributed by atoms with van der Waals surface area (Å²) in [6.07, 6.45) is 10.2. The van der Waals surface area contributed by atoms with E-state index < -0.39 is 12.0 Å². The number of fused-ring (bicyclic) bond motifs is 2. The van der Waals surface area contributed by atoms with Gasteiger partial charge in [0.15, 0.2) is 5.96 Å². The Morgan fingerprint density at radius 3 is 2.32 bits per heavy atom. The number of carbonyl (C=O) groups is 1. The third-order valence-electron chi connectivity index (χ3n) is 3.49. The SMILES string of the molecule is C1=CC2CCC1C2.N=C(N)NCCC[C@H](N)C(=O)O. The lowest BCUT2D eigenvalue weighted by Crippen LogP contribution is -2.34. The molecule has 19 heavy (non-hydrogen) atoms. The first-order valence-electron chi connectivity index (χ1n) is 6.73. The molecule has 2 aliphatic rings. The van der Waals surface area contributed by atoms with Crippen LogP contribution in [-0.2, 0) is 4.79 Å². The van der Waals surface area contributed by atoms with Gasteiger partial charge in [-0.1, -0.05) is 12.2 Å². The Morgan fingerprint density at radius 1 is 1.42 bits per heavy atom. The van der Waals surface area contributed by atoms with Crippen molar-refractivity contribution >= 4 is 11.9 Å². The van der Waals surface area contributed by atoms with Gasteiger partial charge in [-0.25, -0.2) is 0 Å². The standard InChI is InChI=1S/C7H10.C6H14N4O2/c1-2-7-4-3-6(1)5-7;7-4(5(11)12)2-1-3-10-6(8)9/h1-2,6-7H,3-5H2;4H,1-3,7H2,(H,11,12)(H4,8,9,10)/t;4-/m.0/s1. The van der Waals surface area contributed by atoms with Crippen LogP contribution in [0.15, 0.2) is 12.2 Å². The largest absolute Gasteiger partial charge is 0.480 e. The van der Waals surface area contributed by atoms with Crippen LogP contribution in [0.2, 0.25) is 0 Å². The van der Waals surface area contributed by atoms with E-state index in [0.717, 1.165) is 11.8 Å². The number of nitrogens with one attached hydrogen (secondary N) is 2. The molecule has 0 radical (unpaired) electrons. The number of allylic oxidation sites excluding steroid dienone is 2. The van der Waals surface area contributed by atoms with Crippen LogP contribution in [0, 0.1) is 17.2 Å². The van der Waals surface area contributed by atoms with Crippen molar-refractivity contribution in [2.75, 3.05) is 6.54 Å². The summed E-state index contributed by atoms with van der Waals surface area (Å²) in [6, 6.07) is -0.821. The number of hydrogen-bond donors (Lipinski definition) is 5. The van der Waals surface area contributed by atoms with Crippen molar-refractivity contribution in [3.8, 4) is 0 Å². The second kappa shape index (κ2) is 7.78. The molecule has 1 saturated carbocycles. The first-order valence-corrected chi connectivity index (χ1v) is 6.73. The molecule has 108 valence electrons. The van der Waals surface area contributed by atoms with E-state index in [1.807, 2.05) is 0 Å². The topological polar surface area (TPSA) is 125 Å². The van der Waals surface area contributed by atoms with Gasteiger partial charge in [0.05, 0.1) is 0 Å². The maximum absolute atomic E-state index is 10.2. The molecular weight excluding hydrogens is 244 g/mol. The minimum absolute atomic E-state index is 0.112. The lowest BCUT2D eigenvalue weighted by Gasteiger charge is -2.06. The van der Waals surface area contributed by atoms with Gasteiger partial charge in [0.1, 0.15) is 6.04 Å². The van der Waals surface area contributed by atoms with Gasteiger partial charge in [-0.3, -0.25) is 10.2 Å². The summed E-state index contributed by atoms with van der Waals surface area (Å²) in [4.78, 5) is 10.2. The van der Waals surface area contributed by atoms with E-state index in [-0.39, 0.29) is 5.96 Å². The number of nitrogens with two attached hydrogens (primary N) is 2.